The van der Waals surface area contributed by atoms with E-state index in [1.54, 1.807) is 27.9 Å². The predicted molar refractivity (Wildman–Crippen MR) is 122 cm³/mol. The maximum atomic E-state index is 11.2. The minimum atomic E-state index is -0.127. The number of amides is 2. The Hall–Kier alpha value is -1.68. The summed E-state index contributed by atoms with van der Waals surface area (Å²) in [7, 11) is 3.09. The average molecular weight is 463 g/mol. The summed E-state index contributed by atoms with van der Waals surface area (Å²) in [5.74, 6) is 1.52. The van der Waals surface area contributed by atoms with Crippen molar-refractivity contribution in [2.45, 2.75) is 52.4 Å². The molecule has 0 rings (SSSR count). The van der Waals surface area contributed by atoms with Gasteiger partial charge in [-0.1, -0.05) is 13.8 Å². The first-order chi connectivity index (χ1) is 14.2. The van der Waals surface area contributed by atoms with E-state index < -0.39 is 0 Å². The van der Waals surface area contributed by atoms with E-state index in [-0.39, 0.29) is 60.6 Å². The van der Waals surface area contributed by atoms with E-state index in [0.29, 0.717) is 35.9 Å². The van der Waals surface area contributed by atoms with Crippen molar-refractivity contribution in [3.63, 3.8) is 0 Å². The van der Waals surface area contributed by atoms with E-state index in [4.69, 9.17) is 0 Å². The second-order valence-electron chi connectivity index (χ2n) is 6.19. The van der Waals surface area contributed by atoms with Gasteiger partial charge in [-0.25, -0.2) is 0 Å². The minimum absolute atomic E-state index is 0.0208. The Bertz CT molecular complexity index is 532. The molecule has 0 fully saturated rings. The Morgan fingerprint density at radius 2 is 0.833 bits per heavy atom. The summed E-state index contributed by atoms with van der Waals surface area (Å²) in [6.07, 6.45) is 2.01. The van der Waals surface area contributed by atoms with Gasteiger partial charge in [0, 0.05) is 52.6 Å². The molecule has 10 heteroatoms. The Morgan fingerprint density at radius 1 is 0.533 bits per heavy atom. The van der Waals surface area contributed by atoms with E-state index in [2.05, 4.69) is 10.6 Å². The highest BCUT2D eigenvalue weighted by Crippen LogP contribution is 2.05. The lowest BCUT2D eigenvalue weighted by atomic mass is 10.2. The molecule has 0 saturated heterocycles. The first-order valence-corrected chi connectivity index (χ1v) is 12.1. The van der Waals surface area contributed by atoms with Gasteiger partial charge < -0.3 is 10.6 Å². The average Bonchev–Trinajstić information content (AvgIpc) is 2.75. The summed E-state index contributed by atoms with van der Waals surface area (Å²) in [5.41, 5.74) is 0. The van der Waals surface area contributed by atoms with Crippen LogP contribution >= 0.6 is 23.5 Å². The maximum absolute atomic E-state index is 11.2. The second kappa shape index (κ2) is 20.6. The van der Waals surface area contributed by atoms with Gasteiger partial charge in [-0.3, -0.25) is 28.8 Å². The molecule has 0 atom stereocenters. The lowest BCUT2D eigenvalue weighted by Gasteiger charge is -2.00. The van der Waals surface area contributed by atoms with Crippen LogP contribution in [-0.4, -0.2) is 72.1 Å². The van der Waals surface area contributed by atoms with Crippen molar-refractivity contribution in [2.75, 3.05) is 37.1 Å². The summed E-state index contributed by atoms with van der Waals surface area (Å²) < 4.78 is 0. The molecule has 0 spiro atoms. The van der Waals surface area contributed by atoms with E-state index in [1.165, 1.54) is 23.5 Å². The zero-order valence-electron chi connectivity index (χ0n) is 18.3. The van der Waals surface area contributed by atoms with Crippen LogP contribution in [0.2, 0.25) is 0 Å². The molecule has 0 heterocycles. The number of Topliss-reactive ketones (excluding diaryl/α,β-unsaturated/α-hetero) is 4. The summed E-state index contributed by atoms with van der Waals surface area (Å²) in [5, 5.41) is 4.90. The maximum Gasteiger partial charge on any atom is 0.220 e. The molecule has 0 aromatic heterocycles. The normalized spacial score (nSPS) is 9.73. The van der Waals surface area contributed by atoms with Crippen molar-refractivity contribution in [2.24, 2.45) is 0 Å². The zero-order valence-corrected chi connectivity index (χ0v) is 20.0. The molecule has 0 aromatic rings. The number of thioether (sulfide) groups is 2. The first kappa shape index (κ1) is 30.5. The van der Waals surface area contributed by atoms with Crippen molar-refractivity contribution in [1.82, 2.24) is 10.6 Å². The standard InChI is InChI=1S/2C10H17NO3S/c2*1-3-8(12)6-15-7-9(13)4-5-10(14)11-2/h2*3-7H2,1-2H3,(H,11,14). The number of rotatable bonds is 16. The topological polar surface area (TPSA) is 126 Å². The lowest BCUT2D eigenvalue weighted by molar-refractivity contribution is -0.124. The van der Waals surface area contributed by atoms with Gasteiger partial charge in [0.05, 0.1) is 23.0 Å². The fourth-order valence-electron chi connectivity index (χ4n) is 1.66. The van der Waals surface area contributed by atoms with E-state index in [9.17, 15) is 28.8 Å². The van der Waals surface area contributed by atoms with Crippen molar-refractivity contribution in [3.05, 3.63) is 0 Å². The third-order valence-electron chi connectivity index (χ3n) is 3.66. The molecular formula is C20H34N2O6S2. The van der Waals surface area contributed by atoms with E-state index in [1.807, 2.05) is 0 Å². The Labute approximate surface area is 187 Å². The molecule has 0 aromatic carbocycles. The molecule has 0 aliphatic carbocycles. The monoisotopic (exact) mass is 462 g/mol. The van der Waals surface area contributed by atoms with Crippen LogP contribution < -0.4 is 10.6 Å². The zero-order chi connectivity index (χ0) is 23.4. The lowest BCUT2D eigenvalue weighted by Crippen LogP contribution is -2.19. The summed E-state index contributed by atoms with van der Waals surface area (Å²) in [6.45, 7) is 3.60. The molecular weight excluding hydrogens is 428 g/mol. The number of hydrogen-bond donors (Lipinski definition) is 2. The molecule has 8 nitrogen and oxygen atoms in total. The fraction of sp³-hybridized carbons (Fsp3) is 0.700. The van der Waals surface area contributed by atoms with Crippen LogP contribution in [-0.2, 0) is 28.8 Å². The minimum Gasteiger partial charge on any atom is -0.359 e. The van der Waals surface area contributed by atoms with Gasteiger partial charge in [-0.2, -0.15) is 0 Å². The van der Waals surface area contributed by atoms with Crippen LogP contribution in [0.25, 0.3) is 0 Å². The van der Waals surface area contributed by atoms with Crippen LogP contribution in [0.3, 0.4) is 0 Å². The van der Waals surface area contributed by atoms with Gasteiger partial charge >= 0.3 is 0 Å². The molecule has 0 unspecified atom stereocenters. The van der Waals surface area contributed by atoms with Gasteiger partial charge in [0.15, 0.2) is 0 Å². The SMILES string of the molecule is CCC(=O)CSCC(=O)CCC(=O)NC.CCC(=O)CSCC(=O)CCC(=O)NC. The first-order valence-electron chi connectivity index (χ1n) is 9.83. The van der Waals surface area contributed by atoms with E-state index >= 15 is 0 Å². The van der Waals surface area contributed by atoms with Crippen LogP contribution in [0.4, 0.5) is 0 Å². The quantitative estimate of drug-likeness (QED) is 0.354. The van der Waals surface area contributed by atoms with Crippen LogP contribution in [0, 0.1) is 0 Å². The number of ketones is 4. The van der Waals surface area contributed by atoms with Crippen molar-refractivity contribution in [1.29, 1.82) is 0 Å². The second-order valence-corrected chi connectivity index (χ2v) is 8.16. The number of hydrogen-bond acceptors (Lipinski definition) is 8. The van der Waals surface area contributed by atoms with E-state index in [0.717, 1.165) is 0 Å². The molecule has 0 radical (unpaired) electrons. The van der Waals surface area contributed by atoms with Crippen LogP contribution in [0.15, 0.2) is 0 Å². The molecule has 0 saturated carbocycles. The molecule has 0 aliphatic rings. The molecule has 0 bridgehead atoms. The highest BCUT2D eigenvalue weighted by molar-refractivity contribution is 8.00. The van der Waals surface area contributed by atoms with Gasteiger partial charge in [0.25, 0.3) is 0 Å². The molecule has 30 heavy (non-hydrogen) atoms. The molecule has 0 aliphatic heterocycles. The number of nitrogens with one attached hydrogen (secondary N) is 2. The van der Waals surface area contributed by atoms with Gasteiger partial charge in [-0.05, 0) is 0 Å². The summed E-state index contributed by atoms with van der Waals surface area (Å²) in [4.78, 5) is 65.9. The van der Waals surface area contributed by atoms with Gasteiger partial charge in [-0.15, -0.1) is 23.5 Å². The Kier molecular flexibility index (Phi) is 20.9. The van der Waals surface area contributed by atoms with Crippen LogP contribution in [0.1, 0.15) is 52.4 Å². The number of carbonyl (C=O) groups excluding carboxylic acids is 6. The summed E-state index contributed by atoms with van der Waals surface area (Å²) >= 11 is 2.65. The highest BCUT2D eigenvalue weighted by Gasteiger charge is 2.08. The molecule has 2 amide bonds. The van der Waals surface area contributed by atoms with Crippen molar-refractivity contribution in [3.8, 4) is 0 Å². The van der Waals surface area contributed by atoms with Crippen molar-refractivity contribution >= 4 is 58.5 Å². The van der Waals surface area contributed by atoms with Gasteiger partial charge in [0.1, 0.15) is 23.1 Å². The third kappa shape index (κ3) is 21.0. The molecule has 2 N–H and O–H groups in total. The molecule has 172 valence electrons. The predicted octanol–water partition coefficient (Wildman–Crippen LogP) is 1.59. The third-order valence-corrected chi connectivity index (χ3v) is 5.76. The largest absolute Gasteiger partial charge is 0.359 e. The summed E-state index contributed by atoms with van der Waals surface area (Å²) in [6, 6.07) is 0. The fourth-order valence-corrected chi connectivity index (χ4v) is 3.47. The Morgan fingerprint density at radius 3 is 1.10 bits per heavy atom. The Balaban J connectivity index is 0. The number of carbonyl (C=O) groups is 6. The van der Waals surface area contributed by atoms with Crippen LogP contribution in [0.5, 0.6) is 0 Å². The highest BCUT2D eigenvalue weighted by atomic mass is 32.2. The van der Waals surface area contributed by atoms with Crippen molar-refractivity contribution < 1.29 is 28.8 Å². The smallest absolute Gasteiger partial charge is 0.220 e. The van der Waals surface area contributed by atoms with Gasteiger partial charge in [0.2, 0.25) is 11.8 Å².